The number of amides is 1. The summed E-state index contributed by atoms with van der Waals surface area (Å²) >= 11 is 0. The summed E-state index contributed by atoms with van der Waals surface area (Å²) in [6.07, 6.45) is 2.71. The van der Waals surface area contributed by atoms with Crippen molar-refractivity contribution in [3.8, 4) is 0 Å². The quantitative estimate of drug-likeness (QED) is 0.616. The van der Waals surface area contributed by atoms with Gasteiger partial charge in [0, 0.05) is 44.3 Å². The van der Waals surface area contributed by atoms with E-state index in [1.54, 1.807) is 0 Å². The summed E-state index contributed by atoms with van der Waals surface area (Å²) in [6, 6.07) is 2.03. The molecule has 15 heavy (non-hydrogen) atoms. The molecule has 2 atom stereocenters. The lowest BCUT2D eigenvalue weighted by atomic mass is 10.1. The molecular weight excluding hydrogens is 190 g/mol. The molecule has 0 saturated carbocycles. The highest BCUT2D eigenvalue weighted by atomic mass is 16.2. The molecule has 0 spiro atoms. The zero-order valence-corrected chi connectivity index (χ0v) is 8.85. The Bertz CT molecular complexity index is 298. The predicted molar refractivity (Wildman–Crippen MR) is 57.5 cm³/mol. The van der Waals surface area contributed by atoms with Gasteiger partial charge in [-0.2, -0.15) is 0 Å². The molecule has 4 nitrogen and oxygen atoms in total. The molecule has 3 heterocycles. The van der Waals surface area contributed by atoms with Gasteiger partial charge in [0.2, 0.25) is 5.91 Å². The monoisotopic (exact) mass is 207 g/mol. The maximum atomic E-state index is 11.3. The van der Waals surface area contributed by atoms with Gasteiger partial charge in [-0.1, -0.05) is 6.58 Å². The summed E-state index contributed by atoms with van der Waals surface area (Å²) in [4.78, 5) is 15.7. The van der Waals surface area contributed by atoms with Gasteiger partial charge in [-0.3, -0.25) is 9.69 Å². The van der Waals surface area contributed by atoms with E-state index in [2.05, 4.69) is 16.8 Å². The summed E-state index contributed by atoms with van der Waals surface area (Å²) in [5.74, 6) is 0.0775. The Morgan fingerprint density at radius 3 is 2.67 bits per heavy atom. The number of hydrogen-bond donors (Lipinski definition) is 1. The van der Waals surface area contributed by atoms with E-state index < -0.39 is 0 Å². The van der Waals surface area contributed by atoms with E-state index in [-0.39, 0.29) is 5.91 Å². The number of carbonyl (C=O) groups excluding carboxylic acids is 1. The molecule has 3 fully saturated rings. The topological polar surface area (TPSA) is 35.6 Å². The minimum Gasteiger partial charge on any atom is -0.336 e. The van der Waals surface area contributed by atoms with Gasteiger partial charge in [0.05, 0.1) is 0 Å². The number of piperazine rings is 1. The number of likely N-dealkylation sites (tertiary alicyclic amines) is 2. The van der Waals surface area contributed by atoms with Crippen LogP contribution in [0.2, 0.25) is 0 Å². The van der Waals surface area contributed by atoms with E-state index >= 15 is 0 Å². The van der Waals surface area contributed by atoms with E-state index in [0.717, 1.165) is 25.7 Å². The van der Waals surface area contributed by atoms with Crippen LogP contribution in [0.1, 0.15) is 6.42 Å². The van der Waals surface area contributed by atoms with Gasteiger partial charge in [-0.25, -0.2) is 0 Å². The molecule has 0 aromatic heterocycles. The lowest BCUT2D eigenvalue weighted by Gasteiger charge is -2.46. The smallest absolute Gasteiger partial charge is 0.246 e. The van der Waals surface area contributed by atoms with Crippen molar-refractivity contribution in [3.05, 3.63) is 12.7 Å². The van der Waals surface area contributed by atoms with Crippen LogP contribution in [0.25, 0.3) is 0 Å². The minimum atomic E-state index is 0.0775. The van der Waals surface area contributed by atoms with Crippen LogP contribution in [0.4, 0.5) is 0 Å². The van der Waals surface area contributed by atoms with Crippen molar-refractivity contribution in [3.63, 3.8) is 0 Å². The Labute approximate surface area is 89.9 Å². The van der Waals surface area contributed by atoms with Crippen LogP contribution >= 0.6 is 0 Å². The summed E-state index contributed by atoms with van der Waals surface area (Å²) in [5.41, 5.74) is 0. The van der Waals surface area contributed by atoms with Gasteiger partial charge in [-0.05, 0) is 12.5 Å². The van der Waals surface area contributed by atoms with E-state index in [1.807, 2.05) is 4.90 Å². The second-order valence-electron chi connectivity index (χ2n) is 4.79. The number of nitrogens with one attached hydrogen (secondary N) is 1. The van der Waals surface area contributed by atoms with Crippen molar-refractivity contribution in [1.82, 2.24) is 15.1 Å². The van der Waals surface area contributed by atoms with Gasteiger partial charge in [-0.15, -0.1) is 0 Å². The number of nitrogens with zero attached hydrogens (tertiary/aromatic N) is 2. The molecule has 0 unspecified atom stereocenters. The zero-order chi connectivity index (χ0) is 10.4. The van der Waals surface area contributed by atoms with Crippen LogP contribution in [-0.2, 0) is 4.79 Å². The third kappa shape index (κ3) is 1.40. The standard InChI is InChI=1S/C11H17N3O/c1-2-11(15)13-6-10(7-13)14-5-8-3-9(14)4-12-8/h2,8-10,12H,1,3-7H2/t8-,9-/m0/s1. The first kappa shape index (κ1) is 9.36. The Balaban J connectivity index is 1.55. The first-order chi connectivity index (χ1) is 7.28. The Morgan fingerprint density at radius 1 is 1.33 bits per heavy atom. The summed E-state index contributed by atoms with van der Waals surface area (Å²) < 4.78 is 0. The second-order valence-corrected chi connectivity index (χ2v) is 4.79. The molecule has 3 aliphatic heterocycles. The zero-order valence-electron chi connectivity index (χ0n) is 8.85. The highest BCUT2D eigenvalue weighted by Gasteiger charge is 2.44. The number of carbonyl (C=O) groups is 1. The van der Waals surface area contributed by atoms with Crippen molar-refractivity contribution in [1.29, 1.82) is 0 Å². The van der Waals surface area contributed by atoms with Crippen LogP contribution in [-0.4, -0.2) is 60.0 Å². The predicted octanol–water partition coefficient (Wildman–Crippen LogP) is -0.571. The van der Waals surface area contributed by atoms with Crippen molar-refractivity contribution < 1.29 is 4.79 Å². The molecule has 0 radical (unpaired) electrons. The van der Waals surface area contributed by atoms with Crippen LogP contribution in [0.5, 0.6) is 0 Å². The fraction of sp³-hybridized carbons (Fsp3) is 0.727. The van der Waals surface area contributed by atoms with Crippen LogP contribution in [0.3, 0.4) is 0 Å². The molecule has 0 aromatic carbocycles. The molecule has 3 rings (SSSR count). The van der Waals surface area contributed by atoms with Gasteiger partial charge in [0.15, 0.2) is 0 Å². The van der Waals surface area contributed by atoms with E-state index in [4.69, 9.17) is 0 Å². The van der Waals surface area contributed by atoms with Gasteiger partial charge in [0.25, 0.3) is 0 Å². The largest absolute Gasteiger partial charge is 0.336 e. The van der Waals surface area contributed by atoms with Crippen molar-refractivity contribution in [2.45, 2.75) is 24.5 Å². The Morgan fingerprint density at radius 2 is 2.13 bits per heavy atom. The molecular formula is C11H17N3O. The Kier molecular flexibility index (Phi) is 2.07. The Hall–Kier alpha value is -0.870. The van der Waals surface area contributed by atoms with E-state index in [1.165, 1.54) is 19.0 Å². The van der Waals surface area contributed by atoms with Gasteiger partial charge < -0.3 is 10.2 Å². The van der Waals surface area contributed by atoms with Crippen molar-refractivity contribution >= 4 is 5.91 Å². The number of fused-ring (bicyclic) bond motifs is 2. The SMILES string of the molecule is C=CC(=O)N1CC(N2C[C@@H]3C[C@H]2CN3)C1. The highest BCUT2D eigenvalue weighted by molar-refractivity contribution is 5.87. The normalized spacial score (nSPS) is 35.6. The molecule has 0 aromatic rings. The first-order valence-corrected chi connectivity index (χ1v) is 5.68. The molecule has 1 N–H and O–H groups in total. The van der Waals surface area contributed by atoms with Crippen molar-refractivity contribution in [2.24, 2.45) is 0 Å². The van der Waals surface area contributed by atoms with Crippen LogP contribution < -0.4 is 5.32 Å². The molecule has 4 heteroatoms. The highest BCUT2D eigenvalue weighted by Crippen LogP contribution is 2.28. The summed E-state index contributed by atoms with van der Waals surface area (Å²) in [5, 5.41) is 3.50. The van der Waals surface area contributed by atoms with Crippen molar-refractivity contribution in [2.75, 3.05) is 26.2 Å². The maximum Gasteiger partial charge on any atom is 0.246 e. The summed E-state index contributed by atoms with van der Waals surface area (Å²) in [6.45, 7) is 7.61. The number of rotatable bonds is 2. The molecule has 3 aliphatic rings. The fourth-order valence-electron chi connectivity index (χ4n) is 3.01. The van der Waals surface area contributed by atoms with E-state index in [9.17, 15) is 4.79 Å². The lowest BCUT2D eigenvalue weighted by Crippen LogP contribution is -2.63. The third-order valence-electron chi connectivity index (χ3n) is 3.92. The maximum absolute atomic E-state index is 11.3. The lowest BCUT2D eigenvalue weighted by molar-refractivity contribution is -0.133. The molecule has 2 bridgehead atoms. The fourth-order valence-corrected chi connectivity index (χ4v) is 3.01. The van der Waals surface area contributed by atoms with Crippen LogP contribution in [0.15, 0.2) is 12.7 Å². The average Bonchev–Trinajstić information content (AvgIpc) is 2.76. The molecule has 3 saturated heterocycles. The molecule has 82 valence electrons. The number of hydrogen-bond acceptors (Lipinski definition) is 3. The first-order valence-electron chi connectivity index (χ1n) is 5.68. The minimum absolute atomic E-state index is 0.0775. The third-order valence-corrected chi connectivity index (χ3v) is 3.92. The average molecular weight is 207 g/mol. The van der Waals surface area contributed by atoms with Crippen LogP contribution in [0, 0.1) is 0 Å². The summed E-state index contributed by atoms with van der Waals surface area (Å²) in [7, 11) is 0. The molecule has 0 aliphatic carbocycles. The van der Waals surface area contributed by atoms with E-state index in [0.29, 0.717) is 12.1 Å². The van der Waals surface area contributed by atoms with Gasteiger partial charge >= 0.3 is 0 Å². The molecule has 1 amide bonds. The second kappa shape index (κ2) is 3.32. The van der Waals surface area contributed by atoms with Gasteiger partial charge in [0.1, 0.15) is 0 Å².